The number of ether oxygens (including phenoxy) is 1. The van der Waals surface area contributed by atoms with E-state index in [0.29, 0.717) is 30.1 Å². The number of carbonyl (C=O) groups excluding carboxylic acids is 3. The van der Waals surface area contributed by atoms with Gasteiger partial charge in [-0.15, -0.1) is 0 Å². The normalized spacial score (nSPS) is 17.7. The largest absolute Gasteiger partial charge is 0.482 e. The van der Waals surface area contributed by atoms with E-state index in [1.807, 2.05) is 0 Å². The molecule has 104 valence electrons. The van der Waals surface area contributed by atoms with Gasteiger partial charge in [0, 0.05) is 18.7 Å². The van der Waals surface area contributed by atoms with E-state index < -0.39 is 0 Å². The zero-order valence-electron chi connectivity index (χ0n) is 10.6. The fourth-order valence-electron chi connectivity index (χ4n) is 2.21. The zero-order valence-corrected chi connectivity index (χ0v) is 10.6. The summed E-state index contributed by atoms with van der Waals surface area (Å²) in [6.07, 6.45) is 0. The Bertz CT molecular complexity index is 599. The van der Waals surface area contributed by atoms with Crippen molar-refractivity contribution in [1.29, 1.82) is 0 Å². The van der Waals surface area contributed by atoms with Crippen molar-refractivity contribution in [2.45, 2.75) is 0 Å². The molecule has 0 radical (unpaired) electrons. The molecule has 2 N–H and O–H groups in total. The van der Waals surface area contributed by atoms with Crippen LogP contribution in [-0.2, 0) is 9.59 Å². The molecule has 1 aromatic carbocycles. The summed E-state index contributed by atoms with van der Waals surface area (Å²) in [5, 5.41) is 5.32. The van der Waals surface area contributed by atoms with Gasteiger partial charge in [-0.2, -0.15) is 0 Å². The molecule has 0 spiro atoms. The highest BCUT2D eigenvalue weighted by molar-refractivity contribution is 6.01. The van der Waals surface area contributed by atoms with E-state index in [4.69, 9.17) is 4.74 Å². The standard InChI is InChI=1S/C13H13N3O4/c17-11-6-16(4-3-14-11)13(19)8-1-2-10-9(5-8)15-12(18)7-20-10/h1-2,5H,3-4,6-7H2,(H,14,17)(H,15,18). The predicted molar refractivity (Wildman–Crippen MR) is 69.5 cm³/mol. The van der Waals surface area contributed by atoms with Crippen LogP contribution < -0.4 is 15.4 Å². The number of fused-ring (bicyclic) bond motifs is 1. The van der Waals surface area contributed by atoms with E-state index in [1.54, 1.807) is 18.2 Å². The maximum atomic E-state index is 12.3. The summed E-state index contributed by atoms with van der Waals surface area (Å²) in [6.45, 7) is 0.964. The van der Waals surface area contributed by atoms with E-state index in [-0.39, 0.29) is 30.9 Å². The summed E-state index contributed by atoms with van der Waals surface area (Å²) in [5.41, 5.74) is 0.901. The minimum Gasteiger partial charge on any atom is -0.482 e. The first-order chi connectivity index (χ1) is 9.63. The SMILES string of the molecule is O=C1CN(C(=O)c2ccc3c(c2)NC(=O)CO3)CCN1. The molecule has 1 aromatic rings. The van der Waals surface area contributed by atoms with E-state index in [1.165, 1.54) is 4.90 Å². The number of anilines is 1. The summed E-state index contributed by atoms with van der Waals surface area (Å²) < 4.78 is 5.23. The molecule has 2 aliphatic heterocycles. The molecule has 0 atom stereocenters. The molecule has 3 rings (SSSR count). The highest BCUT2D eigenvalue weighted by atomic mass is 16.5. The van der Waals surface area contributed by atoms with Gasteiger partial charge in [0.1, 0.15) is 5.75 Å². The van der Waals surface area contributed by atoms with Crippen LogP contribution in [0.15, 0.2) is 18.2 Å². The third-order valence-corrected chi connectivity index (χ3v) is 3.18. The van der Waals surface area contributed by atoms with Crippen LogP contribution in [-0.4, -0.2) is 48.9 Å². The van der Waals surface area contributed by atoms with Gasteiger partial charge in [0.25, 0.3) is 11.8 Å². The second-order valence-corrected chi connectivity index (χ2v) is 4.62. The van der Waals surface area contributed by atoms with Crippen molar-refractivity contribution in [3.05, 3.63) is 23.8 Å². The smallest absolute Gasteiger partial charge is 0.262 e. The van der Waals surface area contributed by atoms with Gasteiger partial charge >= 0.3 is 0 Å². The molecule has 1 fully saturated rings. The van der Waals surface area contributed by atoms with Crippen molar-refractivity contribution in [2.75, 3.05) is 31.6 Å². The van der Waals surface area contributed by atoms with E-state index in [0.717, 1.165) is 0 Å². The number of amides is 3. The lowest BCUT2D eigenvalue weighted by Gasteiger charge is -2.27. The number of hydrogen-bond acceptors (Lipinski definition) is 4. The van der Waals surface area contributed by atoms with Crippen molar-refractivity contribution in [3.63, 3.8) is 0 Å². The summed E-state index contributed by atoms with van der Waals surface area (Å²) in [4.78, 5) is 36.4. The number of benzene rings is 1. The molecule has 2 heterocycles. The molecule has 0 unspecified atom stereocenters. The van der Waals surface area contributed by atoms with Crippen LogP contribution in [0.2, 0.25) is 0 Å². The Morgan fingerprint density at radius 3 is 2.90 bits per heavy atom. The van der Waals surface area contributed by atoms with Gasteiger partial charge in [0.2, 0.25) is 5.91 Å². The first-order valence-electron chi connectivity index (χ1n) is 6.26. The first-order valence-corrected chi connectivity index (χ1v) is 6.26. The van der Waals surface area contributed by atoms with Gasteiger partial charge in [-0.3, -0.25) is 14.4 Å². The second kappa shape index (κ2) is 4.84. The Kier molecular flexibility index (Phi) is 3.02. The Labute approximate surface area is 114 Å². The molecule has 0 aromatic heterocycles. The van der Waals surface area contributed by atoms with E-state index in [9.17, 15) is 14.4 Å². The second-order valence-electron chi connectivity index (χ2n) is 4.62. The monoisotopic (exact) mass is 275 g/mol. The maximum absolute atomic E-state index is 12.3. The van der Waals surface area contributed by atoms with Crippen LogP contribution in [0.3, 0.4) is 0 Å². The Balaban J connectivity index is 1.83. The lowest BCUT2D eigenvalue weighted by molar-refractivity contribution is -0.123. The number of nitrogens with zero attached hydrogens (tertiary/aromatic N) is 1. The van der Waals surface area contributed by atoms with Crippen LogP contribution >= 0.6 is 0 Å². The molecule has 7 heteroatoms. The molecule has 0 saturated carbocycles. The topological polar surface area (TPSA) is 87.7 Å². The fourth-order valence-corrected chi connectivity index (χ4v) is 2.21. The zero-order chi connectivity index (χ0) is 14.1. The van der Waals surface area contributed by atoms with Gasteiger partial charge < -0.3 is 20.3 Å². The van der Waals surface area contributed by atoms with E-state index >= 15 is 0 Å². The minimum absolute atomic E-state index is 0.0212. The van der Waals surface area contributed by atoms with Crippen LogP contribution in [0.1, 0.15) is 10.4 Å². The number of piperazine rings is 1. The summed E-state index contributed by atoms with van der Waals surface area (Å²) in [7, 11) is 0. The van der Waals surface area contributed by atoms with Crippen molar-refractivity contribution in [3.8, 4) is 5.75 Å². The predicted octanol–water partition coefficient (Wildman–Crippen LogP) is -0.411. The van der Waals surface area contributed by atoms with Crippen molar-refractivity contribution < 1.29 is 19.1 Å². The molecule has 0 aliphatic carbocycles. The number of nitrogens with one attached hydrogen (secondary N) is 2. The van der Waals surface area contributed by atoms with Crippen molar-refractivity contribution >= 4 is 23.4 Å². The maximum Gasteiger partial charge on any atom is 0.262 e. The molecule has 3 amide bonds. The molecule has 2 aliphatic rings. The highest BCUT2D eigenvalue weighted by Crippen LogP contribution is 2.28. The Morgan fingerprint density at radius 2 is 2.10 bits per heavy atom. The number of carbonyl (C=O) groups is 3. The van der Waals surface area contributed by atoms with Crippen molar-refractivity contribution in [2.24, 2.45) is 0 Å². The molecular weight excluding hydrogens is 262 g/mol. The quantitative estimate of drug-likeness (QED) is 0.729. The number of hydrogen-bond donors (Lipinski definition) is 2. The van der Waals surface area contributed by atoms with Gasteiger partial charge in [0.15, 0.2) is 6.61 Å². The third-order valence-electron chi connectivity index (χ3n) is 3.18. The van der Waals surface area contributed by atoms with Crippen molar-refractivity contribution in [1.82, 2.24) is 10.2 Å². The Morgan fingerprint density at radius 1 is 1.25 bits per heavy atom. The van der Waals surface area contributed by atoms with Crippen LogP contribution in [0.25, 0.3) is 0 Å². The van der Waals surface area contributed by atoms with Gasteiger partial charge in [0.05, 0.1) is 12.2 Å². The third kappa shape index (κ3) is 2.29. The molecule has 20 heavy (non-hydrogen) atoms. The Hall–Kier alpha value is -2.57. The summed E-state index contributed by atoms with van der Waals surface area (Å²) in [6, 6.07) is 4.85. The van der Waals surface area contributed by atoms with Crippen LogP contribution in [0, 0.1) is 0 Å². The van der Waals surface area contributed by atoms with Crippen LogP contribution in [0.4, 0.5) is 5.69 Å². The summed E-state index contributed by atoms with van der Waals surface area (Å²) in [5.74, 6) is -0.112. The first kappa shape index (κ1) is 12.5. The minimum atomic E-state index is -0.251. The molecule has 7 nitrogen and oxygen atoms in total. The van der Waals surface area contributed by atoms with Gasteiger partial charge in [-0.25, -0.2) is 0 Å². The highest BCUT2D eigenvalue weighted by Gasteiger charge is 2.24. The lowest BCUT2D eigenvalue weighted by Crippen LogP contribution is -2.50. The molecule has 0 bridgehead atoms. The van der Waals surface area contributed by atoms with E-state index in [2.05, 4.69) is 10.6 Å². The summed E-state index contributed by atoms with van der Waals surface area (Å²) >= 11 is 0. The van der Waals surface area contributed by atoms with Crippen LogP contribution in [0.5, 0.6) is 5.75 Å². The van der Waals surface area contributed by atoms with Gasteiger partial charge in [-0.1, -0.05) is 0 Å². The number of rotatable bonds is 1. The fraction of sp³-hybridized carbons (Fsp3) is 0.308. The molecule has 1 saturated heterocycles. The lowest BCUT2D eigenvalue weighted by atomic mass is 10.1. The average Bonchev–Trinajstić information content (AvgIpc) is 2.45. The van der Waals surface area contributed by atoms with Gasteiger partial charge in [-0.05, 0) is 18.2 Å². The average molecular weight is 275 g/mol. The molecular formula is C13H13N3O4.